The number of carbonyl (C=O) groups is 3. The summed E-state index contributed by atoms with van der Waals surface area (Å²) >= 11 is 11.9. The number of anilines is 1. The molecule has 0 aliphatic heterocycles. The molecule has 186 valence electrons. The average molecular weight is 530 g/mol. The van der Waals surface area contributed by atoms with Gasteiger partial charge in [0.2, 0.25) is 0 Å². The summed E-state index contributed by atoms with van der Waals surface area (Å²) in [5.41, 5.74) is 3.14. The topological polar surface area (TPSA) is 115 Å². The first-order chi connectivity index (χ1) is 17.3. The van der Waals surface area contributed by atoms with Gasteiger partial charge in [0.1, 0.15) is 5.75 Å². The van der Waals surface area contributed by atoms with Crippen molar-refractivity contribution in [1.29, 1.82) is 0 Å². The summed E-state index contributed by atoms with van der Waals surface area (Å²) < 4.78 is 16.1. The van der Waals surface area contributed by atoms with Crippen LogP contribution in [0.1, 0.15) is 22.8 Å². The summed E-state index contributed by atoms with van der Waals surface area (Å²) in [5.74, 6) is -1.76. The first-order valence-corrected chi connectivity index (χ1v) is 11.3. The lowest BCUT2D eigenvalue weighted by Gasteiger charge is -2.12. The summed E-state index contributed by atoms with van der Waals surface area (Å²) in [5, 5.41) is 6.78. The van der Waals surface area contributed by atoms with E-state index in [2.05, 4.69) is 15.8 Å². The van der Waals surface area contributed by atoms with E-state index in [9.17, 15) is 14.4 Å². The number of hydrogen-bond donors (Lipinski definition) is 2. The van der Waals surface area contributed by atoms with Crippen molar-refractivity contribution in [1.82, 2.24) is 5.43 Å². The normalized spacial score (nSPS) is 10.6. The van der Waals surface area contributed by atoms with Gasteiger partial charge in [-0.3, -0.25) is 9.59 Å². The third-order valence-electron chi connectivity index (χ3n) is 4.56. The first kappa shape index (κ1) is 26.5. The number of nitrogens with one attached hydrogen (secondary N) is 2. The number of para-hydroxylation sites is 2. The Bertz CT molecular complexity index is 1310. The molecule has 0 saturated carbocycles. The van der Waals surface area contributed by atoms with Gasteiger partial charge in [0, 0.05) is 5.02 Å². The van der Waals surface area contributed by atoms with Crippen LogP contribution in [0, 0.1) is 0 Å². The highest BCUT2D eigenvalue weighted by Crippen LogP contribution is 2.30. The summed E-state index contributed by atoms with van der Waals surface area (Å²) in [6, 6.07) is 15.7. The third kappa shape index (κ3) is 6.97. The van der Waals surface area contributed by atoms with E-state index in [0.717, 1.165) is 0 Å². The van der Waals surface area contributed by atoms with Crippen LogP contribution in [0.5, 0.6) is 17.2 Å². The number of nitrogens with zero attached hydrogens (tertiary/aromatic N) is 1. The van der Waals surface area contributed by atoms with E-state index >= 15 is 0 Å². The molecular weight excluding hydrogens is 509 g/mol. The van der Waals surface area contributed by atoms with Crippen LogP contribution in [-0.4, -0.2) is 37.7 Å². The Kier molecular flexibility index (Phi) is 9.26. The van der Waals surface area contributed by atoms with Crippen LogP contribution in [0.2, 0.25) is 10.0 Å². The number of rotatable bonds is 8. The van der Waals surface area contributed by atoms with E-state index in [0.29, 0.717) is 28.6 Å². The standard InChI is InChI=1S/C25H21Cl2N3O6/c1-3-35-22-12-15(8-11-21(22)36-25(33)17-10-9-16(26)13-18(17)27)14-28-30-24(32)23(31)29-19-6-4-5-7-20(19)34-2/h4-14H,3H2,1-2H3,(H,29,31)(H,30,32)/b28-14+. The van der Waals surface area contributed by atoms with Crippen LogP contribution in [-0.2, 0) is 9.59 Å². The molecule has 0 atom stereocenters. The van der Waals surface area contributed by atoms with Crippen molar-refractivity contribution in [2.75, 3.05) is 19.0 Å². The molecule has 3 aromatic rings. The zero-order valence-corrected chi connectivity index (χ0v) is 20.7. The molecule has 36 heavy (non-hydrogen) atoms. The molecule has 3 aromatic carbocycles. The molecule has 0 bridgehead atoms. The first-order valence-electron chi connectivity index (χ1n) is 10.5. The van der Waals surface area contributed by atoms with Gasteiger partial charge in [-0.25, -0.2) is 10.2 Å². The minimum atomic E-state index is -0.979. The Morgan fingerprint density at radius 3 is 2.44 bits per heavy atom. The van der Waals surface area contributed by atoms with Gasteiger partial charge >= 0.3 is 17.8 Å². The van der Waals surface area contributed by atoms with Crippen molar-refractivity contribution >= 4 is 52.9 Å². The van der Waals surface area contributed by atoms with Crippen molar-refractivity contribution < 1.29 is 28.6 Å². The maximum atomic E-state index is 12.5. The number of halogens is 2. The van der Waals surface area contributed by atoms with E-state index in [1.165, 1.54) is 37.6 Å². The van der Waals surface area contributed by atoms with Crippen molar-refractivity contribution in [2.24, 2.45) is 5.10 Å². The molecule has 0 aliphatic carbocycles. The van der Waals surface area contributed by atoms with Crippen LogP contribution in [0.25, 0.3) is 0 Å². The Hall–Kier alpha value is -4.08. The highest BCUT2D eigenvalue weighted by atomic mass is 35.5. The maximum absolute atomic E-state index is 12.5. The molecule has 0 saturated heterocycles. The molecule has 0 fully saturated rings. The minimum Gasteiger partial charge on any atom is -0.495 e. The van der Waals surface area contributed by atoms with Crippen molar-refractivity contribution in [3.05, 3.63) is 81.8 Å². The number of ether oxygens (including phenoxy) is 3. The number of hydrogen-bond acceptors (Lipinski definition) is 7. The molecule has 11 heteroatoms. The fourth-order valence-electron chi connectivity index (χ4n) is 2.91. The molecule has 2 N–H and O–H groups in total. The summed E-state index contributed by atoms with van der Waals surface area (Å²) in [6.45, 7) is 2.07. The number of esters is 1. The zero-order valence-electron chi connectivity index (χ0n) is 19.2. The Balaban J connectivity index is 1.66. The lowest BCUT2D eigenvalue weighted by molar-refractivity contribution is -0.136. The second-order valence-corrected chi connectivity index (χ2v) is 7.85. The van der Waals surface area contributed by atoms with Gasteiger partial charge in [0.15, 0.2) is 11.5 Å². The van der Waals surface area contributed by atoms with E-state index < -0.39 is 17.8 Å². The molecule has 0 radical (unpaired) electrons. The number of carbonyl (C=O) groups excluding carboxylic acids is 3. The van der Waals surface area contributed by atoms with Crippen LogP contribution in [0.4, 0.5) is 5.69 Å². The smallest absolute Gasteiger partial charge is 0.345 e. The minimum absolute atomic E-state index is 0.142. The maximum Gasteiger partial charge on any atom is 0.345 e. The quantitative estimate of drug-likeness (QED) is 0.143. The fourth-order valence-corrected chi connectivity index (χ4v) is 3.40. The molecule has 0 aromatic heterocycles. The summed E-state index contributed by atoms with van der Waals surface area (Å²) in [4.78, 5) is 36.8. The van der Waals surface area contributed by atoms with E-state index in [1.54, 1.807) is 43.3 Å². The van der Waals surface area contributed by atoms with Gasteiger partial charge < -0.3 is 19.5 Å². The SMILES string of the molecule is CCOc1cc(/C=N/NC(=O)C(=O)Nc2ccccc2OC)ccc1OC(=O)c1ccc(Cl)cc1Cl. The van der Waals surface area contributed by atoms with Gasteiger partial charge in [0.05, 0.1) is 36.2 Å². The van der Waals surface area contributed by atoms with E-state index in [4.69, 9.17) is 37.4 Å². The Morgan fingerprint density at radius 1 is 0.944 bits per heavy atom. The van der Waals surface area contributed by atoms with Crippen molar-refractivity contribution in [2.45, 2.75) is 6.92 Å². The third-order valence-corrected chi connectivity index (χ3v) is 5.11. The molecule has 0 aliphatic rings. The second kappa shape index (κ2) is 12.6. The fraction of sp³-hybridized carbons (Fsp3) is 0.120. The highest BCUT2D eigenvalue weighted by molar-refractivity contribution is 6.39. The zero-order chi connectivity index (χ0) is 26.1. The number of amides is 2. The predicted octanol–water partition coefficient (Wildman–Crippen LogP) is 4.71. The number of hydrazone groups is 1. The summed E-state index contributed by atoms with van der Waals surface area (Å²) in [7, 11) is 1.45. The molecule has 0 unspecified atom stereocenters. The molecule has 3 rings (SSSR count). The summed E-state index contributed by atoms with van der Waals surface area (Å²) in [6.07, 6.45) is 1.30. The number of methoxy groups -OCH3 is 1. The molecule has 0 heterocycles. The van der Waals surface area contributed by atoms with Crippen molar-refractivity contribution in [3.63, 3.8) is 0 Å². The monoisotopic (exact) mass is 529 g/mol. The van der Waals surface area contributed by atoms with Crippen LogP contribution in [0.15, 0.2) is 65.8 Å². The lowest BCUT2D eigenvalue weighted by Crippen LogP contribution is -2.32. The predicted molar refractivity (Wildman–Crippen MR) is 136 cm³/mol. The van der Waals surface area contributed by atoms with Gasteiger partial charge in [-0.05, 0) is 61.0 Å². The Morgan fingerprint density at radius 2 is 1.72 bits per heavy atom. The largest absolute Gasteiger partial charge is 0.495 e. The molecule has 2 amide bonds. The van der Waals surface area contributed by atoms with Gasteiger partial charge in [-0.15, -0.1) is 0 Å². The van der Waals surface area contributed by atoms with Gasteiger partial charge in [0.25, 0.3) is 0 Å². The van der Waals surface area contributed by atoms with E-state index in [1.807, 2.05) is 0 Å². The molecule has 9 nitrogen and oxygen atoms in total. The van der Waals surface area contributed by atoms with Gasteiger partial charge in [-0.1, -0.05) is 35.3 Å². The second-order valence-electron chi connectivity index (χ2n) is 7.01. The number of benzene rings is 3. The van der Waals surface area contributed by atoms with E-state index in [-0.39, 0.29) is 22.1 Å². The van der Waals surface area contributed by atoms with Crippen molar-refractivity contribution in [3.8, 4) is 17.2 Å². The van der Waals surface area contributed by atoms with Crippen LogP contribution < -0.4 is 25.0 Å². The lowest BCUT2D eigenvalue weighted by atomic mass is 10.2. The van der Waals surface area contributed by atoms with Crippen LogP contribution >= 0.6 is 23.2 Å². The van der Waals surface area contributed by atoms with Gasteiger partial charge in [-0.2, -0.15) is 5.10 Å². The van der Waals surface area contributed by atoms with Crippen LogP contribution in [0.3, 0.4) is 0 Å². The average Bonchev–Trinajstić information content (AvgIpc) is 2.85. The molecular formula is C25H21Cl2N3O6. The highest BCUT2D eigenvalue weighted by Gasteiger charge is 2.17. The molecule has 0 spiro atoms. The Labute approximate surface area is 216 Å².